The van der Waals surface area contributed by atoms with Crippen LogP contribution in [0.1, 0.15) is 18.6 Å². The van der Waals surface area contributed by atoms with Crippen molar-refractivity contribution in [2.75, 3.05) is 6.61 Å². The fourth-order valence-electron chi connectivity index (χ4n) is 3.77. The lowest BCUT2D eigenvalue weighted by Gasteiger charge is -2.37. The Morgan fingerprint density at radius 2 is 2.06 bits per heavy atom. The summed E-state index contributed by atoms with van der Waals surface area (Å²) < 4.78 is 58.2. The average molecular weight is 468 g/mol. The number of aliphatic hydroxyl groups excluding tert-OH is 1. The van der Waals surface area contributed by atoms with Crippen LogP contribution in [0.5, 0.6) is 0 Å². The number of alkyl halides is 4. The maximum atomic E-state index is 15.7. The van der Waals surface area contributed by atoms with Crippen molar-refractivity contribution in [2.45, 2.75) is 24.9 Å². The van der Waals surface area contributed by atoms with E-state index in [1.165, 1.54) is 12.3 Å². The zero-order valence-electron chi connectivity index (χ0n) is 16.7. The summed E-state index contributed by atoms with van der Waals surface area (Å²) in [4.78, 5) is 11.3. The predicted octanol–water partition coefficient (Wildman–Crippen LogP) is 5.60. The molecule has 0 amide bonds. The lowest BCUT2D eigenvalue weighted by Crippen LogP contribution is -2.40. The predicted molar refractivity (Wildman–Crippen MR) is 111 cm³/mol. The summed E-state index contributed by atoms with van der Waals surface area (Å²) in [6.07, 6.45) is 2.54. The summed E-state index contributed by atoms with van der Waals surface area (Å²) in [5, 5.41) is 11.6. The van der Waals surface area contributed by atoms with Crippen molar-refractivity contribution < 1.29 is 27.4 Å². The van der Waals surface area contributed by atoms with E-state index in [-0.39, 0.29) is 5.03 Å². The summed E-state index contributed by atoms with van der Waals surface area (Å²) in [5.41, 5.74) is -0.224. The highest BCUT2D eigenvalue weighted by atomic mass is 35.5. The molecule has 1 aliphatic rings. The van der Waals surface area contributed by atoms with Crippen molar-refractivity contribution in [2.24, 2.45) is 5.92 Å². The maximum Gasteiger partial charge on any atom is 0.422 e. The van der Waals surface area contributed by atoms with Crippen LogP contribution in [0.2, 0.25) is 0 Å². The van der Waals surface area contributed by atoms with Crippen LogP contribution in [0.15, 0.2) is 65.9 Å². The van der Waals surface area contributed by atoms with Crippen molar-refractivity contribution in [3.05, 3.63) is 71.5 Å². The molecule has 3 aromatic rings. The van der Waals surface area contributed by atoms with Crippen LogP contribution in [0, 0.1) is 5.92 Å². The first kappa shape index (κ1) is 22.3. The number of aromatic amines is 1. The summed E-state index contributed by atoms with van der Waals surface area (Å²) in [5.74, 6) is -1.95. The van der Waals surface area contributed by atoms with E-state index in [0.29, 0.717) is 16.6 Å². The third kappa shape index (κ3) is 4.22. The Morgan fingerprint density at radius 1 is 1.28 bits per heavy atom. The van der Waals surface area contributed by atoms with E-state index in [0.717, 1.165) is 24.1 Å². The molecule has 168 valence electrons. The van der Waals surface area contributed by atoms with Gasteiger partial charge in [0.25, 0.3) is 0 Å². The molecule has 0 fully saturated rings. The van der Waals surface area contributed by atoms with Gasteiger partial charge < -0.3 is 14.8 Å². The van der Waals surface area contributed by atoms with Crippen LogP contribution in [-0.2, 0) is 4.74 Å². The monoisotopic (exact) mass is 467 g/mol. The molecule has 0 aliphatic heterocycles. The molecule has 0 saturated carbocycles. The summed E-state index contributed by atoms with van der Waals surface area (Å²) in [7, 11) is 0. The number of nitrogens with one attached hydrogen (secondary N) is 1. The summed E-state index contributed by atoms with van der Waals surface area (Å²) in [6, 6.07) is 5.37. The van der Waals surface area contributed by atoms with Gasteiger partial charge in [-0.2, -0.15) is 13.2 Å². The van der Waals surface area contributed by atoms with Crippen LogP contribution in [0.3, 0.4) is 0 Å². The van der Waals surface area contributed by atoms with Crippen LogP contribution in [0.4, 0.5) is 17.6 Å². The number of ether oxygens (including phenoxy) is 1. The number of pyridine rings is 2. The van der Waals surface area contributed by atoms with Crippen molar-refractivity contribution in [1.29, 1.82) is 0 Å². The van der Waals surface area contributed by atoms with Crippen LogP contribution >= 0.6 is 11.6 Å². The second-order valence-electron chi connectivity index (χ2n) is 7.59. The minimum absolute atomic E-state index is 0.0485. The van der Waals surface area contributed by atoms with Crippen LogP contribution < -0.4 is 0 Å². The van der Waals surface area contributed by atoms with Crippen molar-refractivity contribution in [3.63, 3.8) is 0 Å². The molecule has 3 heterocycles. The Morgan fingerprint density at radius 3 is 2.75 bits per heavy atom. The number of fused-ring (bicyclic) bond motifs is 1. The van der Waals surface area contributed by atoms with Crippen molar-refractivity contribution >= 4 is 22.6 Å². The molecular formula is C22H18ClF4N3O2. The number of allylic oxidation sites excluding steroid dienone is 3. The average Bonchev–Trinajstić information content (AvgIpc) is 3.16. The van der Waals surface area contributed by atoms with Gasteiger partial charge in [-0.3, -0.25) is 4.98 Å². The van der Waals surface area contributed by atoms with E-state index in [4.69, 9.17) is 16.3 Å². The molecule has 0 aromatic carbocycles. The van der Waals surface area contributed by atoms with E-state index in [9.17, 15) is 18.3 Å². The molecule has 5 nitrogen and oxygen atoms in total. The van der Waals surface area contributed by atoms with Gasteiger partial charge in [-0.1, -0.05) is 17.7 Å². The maximum absolute atomic E-state index is 15.7. The minimum atomic E-state index is -4.64. The lowest BCUT2D eigenvalue weighted by atomic mass is 9.79. The smallest absolute Gasteiger partial charge is 0.422 e. The fourth-order valence-corrected chi connectivity index (χ4v) is 4.16. The lowest BCUT2D eigenvalue weighted by molar-refractivity contribution is -0.171. The van der Waals surface area contributed by atoms with Gasteiger partial charge in [0.05, 0.1) is 12.0 Å². The van der Waals surface area contributed by atoms with Gasteiger partial charge in [-0.05, 0) is 31.2 Å². The molecule has 3 aromatic heterocycles. The van der Waals surface area contributed by atoms with Gasteiger partial charge in [-0.25, -0.2) is 9.37 Å². The first-order valence-corrected chi connectivity index (χ1v) is 9.97. The number of nitrogens with zero attached hydrogens (tertiary/aromatic N) is 2. The van der Waals surface area contributed by atoms with Gasteiger partial charge in [-0.15, -0.1) is 0 Å². The number of H-pyrrole nitrogens is 1. The van der Waals surface area contributed by atoms with Crippen molar-refractivity contribution in [1.82, 2.24) is 15.0 Å². The van der Waals surface area contributed by atoms with E-state index in [2.05, 4.69) is 15.0 Å². The van der Waals surface area contributed by atoms with Gasteiger partial charge in [0.1, 0.15) is 11.4 Å². The minimum Gasteiger partial charge on any atom is -0.485 e. The Bertz CT molecular complexity index is 1190. The second kappa shape index (κ2) is 8.22. The Kier molecular flexibility index (Phi) is 5.72. The molecule has 0 spiro atoms. The molecule has 1 aliphatic carbocycles. The normalized spacial score (nSPS) is 22.4. The van der Waals surface area contributed by atoms with Gasteiger partial charge in [0.2, 0.25) is 0 Å². The number of aromatic nitrogens is 3. The largest absolute Gasteiger partial charge is 0.485 e. The second-order valence-corrected chi connectivity index (χ2v) is 8.03. The standard InChI is InChI=1S/C22H18ClF4N3O2/c1-21(24)17(32-11-22(25,26)27)5-4-16(23)18(21)19(31)15-10-30-20-14(15)7-13(9-29-20)12-3-2-6-28-8-12/h2-10,18-19,31H,11H2,1H3,(H,29,30). The van der Waals surface area contributed by atoms with E-state index in [1.54, 1.807) is 30.7 Å². The highest BCUT2D eigenvalue weighted by Crippen LogP contribution is 2.48. The molecule has 3 atom stereocenters. The number of hydrogen-bond acceptors (Lipinski definition) is 4. The molecule has 32 heavy (non-hydrogen) atoms. The number of hydrogen-bond donors (Lipinski definition) is 2. The fraction of sp³-hybridized carbons (Fsp3) is 0.273. The molecule has 0 bridgehead atoms. The third-order valence-electron chi connectivity index (χ3n) is 5.34. The van der Waals surface area contributed by atoms with E-state index >= 15 is 4.39 Å². The van der Waals surface area contributed by atoms with Gasteiger partial charge in [0.15, 0.2) is 12.3 Å². The first-order chi connectivity index (χ1) is 15.1. The molecular weight excluding hydrogens is 450 g/mol. The number of rotatable bonds is 5. The Labute approximate surface area is 185 Å². The SMILES string of the molecule is CC1(F)C(OCC(F)(F)F)=CC=C(Cl)C1C(O)c1c[nH]c2ncc(-c3cccnc3)cc12. The quantitative estimate of drug-likeness (QED) is 0.479. The summed E-state index contributed by atoms with van der Waals surface area (Å²) in [6.45, 7) is -0.620. The first-order valence-electron chi connectivity index (χ1n) is 9.60. The van der Waals surface area contributed by atoms with Crippen LogP contribution in [-0.4, -0.2) is 38.5 Å². The van der Waals surface area contributed by atoms with Gasteiger partial charge >= 0.3 is 6.18 Å². The molecule has 0 radical (unpaired) electrons. The summed E-state index contributed by atoms with van der Waals surface area (Å²) >= 11 is 6.22. The highest BCUT2D eigenvalue weighted by molar-refractivity contribution is 6.30. The Balaban J connectivity index is 1.70. The Hall–Kier alpha value is -2.91. The molecule has 10 heteroatoms. The van der Waals surface area contributed by atoms with Crippen molar-refractivity contribution in [3.8, 4) is 11.1 Å². The topological polar surface area (TPSA) is 71.0 Å². The van der Waals surface area contributed by atoms with E-state index in [1.807, 2.05) is 6.07 Å². The van der Waals surface area contributed by atoms with Gasteiger partial charge in [0, 0.05) is 51.9 Å². The van der Waals surface area contributed by atoms with Crippen LogP contribution in [0.25, 0.3) is 22.2 Å². The highest BCUT2D eigenvalue weighted by Gasteiger charge is 2.48. The van der Waals surface area contributed by atoms with E-state index < -0.39 is 36.2 Å². The third-order valence-corrected chi connectivity index (χ3v) is 5.70. The number of aliphatic hydroxyl groups is 1. The molecule has 0 saturated heterocycles. The molecule has 2 N–H and O–H groups in total. The zero-order valence-corrected chi connectivity index (χ0v) is 17.5. The number of halogens is 5. The zero-order chi connectivity index (χ0) is 23.1. The molecule has 4 rings (SSSR count). The molecule has 3 unspecified atom stereocenters.